The van der Waals surface area contributed by atoms with Gasteiger partial charge in [-0.05, 0) is 29.8 Å². The van der Waals surface area contributed by atoms with E-state index < -0.39 is 11.6 Å². The SMILES string of the molecule is COc1ccc(COc2cc(F)cc(Br)c2)cc1F. The molecule has 0 bridgehead atoms. The van der Waals surface area contributed by atoms with Gasteiger partial charge in [0.25, 0.3) is 0 Å². The zero-order chi connectivity index (χ0) is 13.8. The molecule has 0 aromatic heterocycles. The first-order chi connectivity index (χ1) is 9.08. The van der Waals surface area contributed by atoms with Crippen LogP contribution >= 0.6 is 15.9 Å². The smallest absolute Gasteiger partial charge is 0.165 e. The van der Waals surface area contributed by atoms with Crippen molar-refractivity contribution in [1.82, 2.24) is 0 Å². The van der Waals surface area contributed by atoms with E-state index in [1.807, 2.05) is 0 Å². The number of halogens is 3. The highest BCUT2D eigenvalue weighted by atomic mass is 79.9. The lowest BCUT2D eigenvalue weighted by molar-refractivity contribution is 0.303. The van der Waals surface area contributed by atoms with Crippen LogP contribution in [0.5, 0.6) is 11.5 Å². The monoisotopic (exact) mass is 328 g/mol. The maximum atomic E-state index is 13.5. The lowest BCUT2D eigenvalue weighted by atomic mass is 10.2. The number of ether oxygens (including phenoxy) is 2. The van der Waals surface area contributed by atoms with Crippen LogP contribution < -0.4 is 9.47 Å². The van der Waals surface area contributed by atoms with E-state index in [0.717, 1.165) is 0 Å². The maximum Gasteiger partial charge on any atom is 0.165 e. The van der Waals surface area contributed by atoms with Gasteiger partial charge in [0.05, 0.1) is 7.11 Å². The summed E-state index contributed by atoms with van der Waals surface area (Å²) in [4.78, 5) is 0. The summed E-state index contributed by atoms with van der Waals surface area (Å²) in [6, 6.07) is 8.78. The van der Waals surface area contributed by atoms with Crippen LogP contribution in [0.1, 0.15) is 5.56 Å². The average molecular weight is 329 g/mol. The lowest BCUT2D eigenvalue weighted by Gasteiger charge is -2.08. The molecule has 0 spiro atoms. The van der Waals surface area contributed by atoms with Crippen molar-refractivity contribution in [2.45, 2.75) is 6.61 Å². The summed E-state index contributed by atoms with van der Waals surface area (Å²) in [7, 11) is 1.40. The Bertz CT molecular complexity index is 567. The standard InChI is InChI=1S/C14H11BrF2O2/c1-18-14-3-2-9(4-13(14)17)8-19-12-6-10(15)5-11(16)7-12/h2-7H,8H2,1H3. The van der Waals surface area contributed by atoms with Crippen molar-refractivity contribution < 1.29 is 18.3 Å². The molecule has 2 aromatic carbocycles. The third kappa shape index (κ3) is 3.67. The molecular formula is C14H11BrF2O2. The second-order valence-corrected chi connectivity index (χ2v) is 4.78. The van der Waals surface area contributed by atoms with E-state index in [0.29, 0.717) is 15.8 Å². The van der Waals surface area contributed by atoms with Crippen molar-refractivity contribution in [2.75, 3.05) is 7.11 Å². The van der Waals surface area contributed by atoms with E-state index >= 15 is 0 Å². The first-order valence-corrected chi connectivity index (χ1v) is 6.29. The predicted molar refractivity (Wildman–Crippen MR) is 71.4 cm³/mol. The van der Waals surface area contributed by atoms with Gasteiger partial charge in [0, 0.05) is 10.5 Å². The second kappa shape index (κ2) is 6.02. The summed E-state index contributed by atoms with van der Waals surface area (Å²) >= 11 is 3.17. The van der Waals surface area contributed by atoms with Gasteiger partial charge in [-0.2, -0.15) is 0 Å². The van der Waals surface area contributed by atoms with Crippen molar-refractivity contribution in [3.63, 3.8) is 0 Å². The molecule has 0 aliphatic carbocycles. The molecule has 2 aromatic rings. The fraction of sp³-hybridized carbons (Fsp3) is 0.143. The molecule has 19 heavy (non-hydrogen) atoms. The Morgan fingerprint density at radius 1 is 1.11 bits per heavy atom. The van der Waals surface area contributed by atoms with Crippen LogP contribution in [0, 0.1) is 11.6 Å². The molecule has 0 unspecified atom stereocenters. The second-order valence-electron chi connectivity index (χ2n) is 3.86. The molecule has 0 amide bonds. The van der Waals surface area contributed by atoms with Crippen molar-refractivity contribution in [3.8, 4) is 11.5 Å². The van der Waals surface area contributed by atoms with Gasteiger partial charge < -0.3 is 9.47 Å². The molecule has 0 saturated heterocycles. The molecular weight excluding hydrogens is 318 g/mol. The van der Waals surface area contributed by atoms with Crippen molar-refractivity contribution in [3.05, 3.63) is 58.1 Å². The maximum absolute atomic E-state index is 13.5. The third-order valence-electron chi connectivity index (χ3n) is 2.46. The Kier molecular flexibility index (Phi) is 4.37. The van der Waals surface area contributed by atoms with E-state index in [1.165, 1.54) is 31.4 Å². The van der Waals surface area contributed by atoms with E-state index in [1.54, 1.807) is 12.1 Å². The Balaban J connectivity index is 2.08. The fourth-order valence-corrected chi connectivity index (χ4v) is 2.02. The number of rotatable bonds is 4. The highest BCUT2D eigenvalue weighted by Gasteiger charge is 2.05. The van der Waals surface area contributed by atoms with Crippen molar-refractivity contribution in [1.29, 1.82) is 0 Å². The summed E-state index contributed by atoms with van der Waals surface area (Å²) in [5.74, 6) is -0.297. The molecule has 0 aliphatic rings. The Hall–Kier alpha value is -1.62. The third-order valence-corrected chi connectivity index (χ3v) is 2.92. The van der Waals surface area contributed by atoms with Gasteiger partial charge in [-0.3, -0.25) is 0 Å². The minimum Gasteiger partial charge on any atom is -0.494 e. The highest BCUT2D eigenvalue weighted by molar-refractivity contribution is 9.10. The summed E-state index contributed by atoms with van der Waals surface area (Å²) in [5, 5.41) is 0. The average Bonchev–Trinajstić information content (AvgIpc) is 2.35. The molecule has 0 N–H and O–H groups in total. The van der Waals surface area contributed by atoms with Crippen molar-refractivity contribution in [2.24, 2.45) is 0 Å². The zero-order valence-electron chi connectivity index (χ0n) is 10.1. The molecule has 0 saturated carbocycles. The highest BCUT2D eigenvalue weighted by Crippen LogP contribution is 2.23. The lowest BCUT2D eigenvalue weighted by Crippen LogP contribution is -1.97. The molecule has 0 fully saturated rings. The number of hydrogen-bond donors (Lipinski definition) is 0. The Labute approximate surface area is 118 Å². The molecule has 2 rings (SSSR count). The van der Waals surface area contributed by atoms with Crippen LogP contribution in [-0.2, 0) is 6.61 Å². The van der Waals surface area contributed by atoms with Crippen LogP contribution in [0.15, 0.2) is 40.9 Å². The molecule has 2 nitrogen and oxygen atoms in total. The van der Waals surface area contributed by atoms with E-state index in [2.05, 4.69) is 15.9 Å². The van der Waals surface area contributed by atoms with E-state index in [-0.39, 0.29) is 12.4 Å². The van der Waals surface area contributed by atoms with Gasteiger partial charge >= 0.3 is 0 Å². The molecule has 0 atom stereocenters. The summed E-state index contributed by atoms with van der Waals surface area (Å²) in [6.45, 7) is 0.150. The van der Waals surface area contributed by atoms with Gasteiger partial charge in [-0.15, -0.1) is 0 Å². The first-order valence-electron chi connectivity index (χ1n) is 5.50. The zero-order valence-corrected chi connectivity index (χ0v) is 11.7. The van der Waals surface area contributed by atoms with Gasteiger partial charge in [0.15, 0.2) is 11.6 Å². The van der Waals surface area contributed by atoms with E-state index in [9.17, 15) is 8.78 Å². The van der Waals surface area contributed by atoms with Crippen LogP contribution in [0.4, 0.5) is 8.78 Å². The molecule has 0 aliphatic heterocycles. The Morgan fingerprint density at radius 2 is 1.89 bits per heavy atom. The fourth-order valence-electron chi connectivity index (χ4n) is 1.58. The number of benzene rings is 2. The topological polar surface area (TPSA) is 18.5 Å². The molecule has 0 heterocycles. The Morgan fingerprint density at radius 3 is 2.53 bits per heavy atom. The molecule has 100 valence electrons. The van der Waals surface area contributed by atoms with Gasteiger partial charge in [0.1, 0.15) is 18.2 Å². The van der Waals surface area contributed by atoms with Gasteiger partial charge in [0.2, 0.25) is 0 Å². The summed E-state index contributed by atoms with van der Waals surface area (Å²) in [6.07, 6.45) is 0. The van der Waals surface area contributed by atoms with Crippen LogP contribution in [0.3, 0.4) is 0 Å². The number of methoxy groups -OCH3 is 1. The molecule has 0 radical (unpaired) electrons. The largest absolute Gasteiger partial charge is 0.494 e. The molecule has 5 heteroatoms. The quantitative estimate of drug-likeness (QED) is 0.832. The van der Waals surface area contributed by atoms with Crippen LogP contribution in [-0.4, -0.2) is 7.11 Å². The van der Waals surface area contributed by atoms with E-state index in [4.69, 9.17) is 9.47 Å². The summed E-state index contributed by atoms with van der Waals surface area (Å²) in [5.41, 5.74) is 0.638. The first kappa shape index (κ1) is 13.8. The van der Waals surface area contributed by atoms with Gasteiger partial charge in [-0.25, -0.2) is 8.78 Å². The van der Waals surface area contributed by atoms with Crippen molar-refractivity contribution >= 4 is 15.9 Å². The number of hydrogen-bond acceptors (Lipinski definition) is 2. The van der Waals surface area contributed by atoms with Crippen LogP contribution in [0.2, 0.25) is 0 Å². The minimum absolute atomic E-state index is 0.150. The summed E-state index contributed by atoms with van der Waals surface area (Å²) < 4.78 is 37.4. The normalized spacial score (nSPS) is 10.3. The van der Waals surface area contributed by atoms with Gasteiger partial charge in [-0.1, -0.05) is 22.0 Å². The predicted octanol–water partition coefficient (Wildman–Crippen LogP) is 4.31. The minimum atomic E-state index is -0.455. The van der Waals surface area contributed by atoms with Crippen LogP contribution in [0.25, 0.3) is 0 Å².